The number of H-pyrrole nitrogens is 1. The molecule has 0 saturated heterocycles. The number of ether oxygens (including phenoxy) is 1. The number of fused-ring (bicyclic) bond motifs is 1. The second-order valence-corrected chi connectivity index (χ2v) is 6.89. The fourth-order valence-corrected chi connectivity index (χ4v) is 3.37. The number of anilines is 4. The first-order valence-corrected chi connectivity index (χ1v) is 9.19. The summed E-state index contributed by atoms with van der Waals surface area (Å²) in [5.41, 5.74) is 8.92. The summed E-state index contributed by atoms with van der Waals surface area (Å²) in [6, 6.07) is 11.4. The maximum Gasteiger partial charge on any atom is 0.253 e. The summed E-state index contributed by atoms with van der Waals surface area (Å²) in [6.07, 6.45) is 0.687. The molecule has 1 heterocycles. The number of rotatable bonds is 7. The number of benzene rings is 2. The molecule has 4 rings (SSSR count). The number of nitrogens with zero attached hydrogens (tertiary/aromatic N) is 1. The van der Waals surface area contributed by atoms with Crippen molar-refractivity contribution in [3.05, 3.63) is 68.0 Å². The fraction of sp³-hybridized carbons (Fsp3) is 0.190. The third-order valence-electron chi connectivity index (χ3n) is 4.93. The van der Waals surface area contributed by atoms with Crippen LogP contribution in [0.4, 0.5) is 22.9 Å². The van der Waals surface area contributed by atoms with Gasteiger partial charge >= 0.3 is 0 Å². The molecule has 8 nitrogen and oxygen atoms in total. The molecule has 0 bridgehead atoms. The quantitative estimate of drug-likeness (QED) is 0.357. The van der Waals surface area contributed by atoms with Crippen molar-refractivity contribution in [2.24, 2.45) is 0 Å². The van der Waals surface area contributed by atoms with Crippen molar-refractivity contribution in [2.45, 2.75) is 13.3 Å². The van der Waals surface area contributed by atoms with E-state index >= 15 is 0 Å². The van der Waals surface area contributed by atoms with Gasteiger partial charge in [-0.3, -0.25) is 14.7 Å². The van der Waals surface area contributed by atoms with Gasteiger partial charge in [-0.25, -0.2) is 0 Å². The Morgan fingerprint density at radius 1 is 1.14 bits per heavy atom. The van der Waals surface area contributed by atoms with Crippen molar-refractivity contribution in [3.63, 3.8) is 0 Å². The zero-order valence-corrected chi connectivity index (χ0v) is 16.1. The molecule has 0 aliphatic carbocycles. The zero-order valence-electron chi connectivity index (χ0n) is 16.1. The van der Waals surface area contributed by atoms with E-state index in [9.17, 15) is 9.59 Å². The van der Waals surface area contributed by atoms with Crippen LogP contribution in [0.2, 0.25) is 0 Å². The Bertz CT molecular complexity index is 1270. The number of aromatic nitrogens is 2. The predicted octanol–water partition coefficient (Wildman–Crippen LogP) is 2.46. The highest BCUT2D eigenvalue weighted by molar-refractivity contribution is 5.94. The van der Waals surface area contributed by atoms with Crippen LogP contribution in [0.5, 0.6) is 5.75 Å². The van der Waals surface area contributed by atoms with Crippen molar-refractivity contribution in [3.8, 4) is 5.75 Å². The van der Waals surface area contributed by atoms with Gasteiger partial charge in [0, 0.05) is 17.6 Å². The molecule has 8 heteroatoms. The van der Waals surface area contributed by atoms with Gasteiger partial charge in [-0.05, 0) is 48.7 Å². The topological polar surface area (TPSA) is 122 Å². The number of nitrogens with two attached hydrogens (primary N) is 1. The highest BCUT2D eigenvalue weighted by Crippen LogP contribution is 2.28. The lowest BCUT2D eigenvalue weighted by atomic mass is 10.1. The largest absolute Gasteiger partial charge is 0.497 e. The number of nitrogen functional groups attached to an aromatic ring is 1. The minimum absolute atomic E-state index is 0.265. The molecular weight excluding hydrogens is 370 g/mol. The van der Waals surface area contributed by atoms with Crippen molar-refractivity contribution >= 4 is 33.8 Å². The molecule has 0 spiro atoms. The molecule has 5 N–H and O–H groups in total. The second kappa shape index (κ2) is 7.31. The minimum atomic E-state index is -0.535. The van der Waals surface area contributed by atoms with Crippen LogP contribution >= 0.6 is 0 Å². The first-order chi connectivity index (χ1) is 14.0. The number of hydrogen-bond acceptors (Lipinski definition) is 7. The standard InChI is InChI=1S/C21H21N5O3/c1-11-8-13(10-15-16(11)25-26-21(15)22)24-18-17(19(27)20(18)28)23-7-6-12-4-3-5-14(9-12)29-2/h3-5,8-10,23-24H,6-7H2,1-2H3,(H3,22,25,26). The number of nitrogens with one attached hydrogen (secondary N) is 3. The fourth-order valence-electron chi connectivity index (χ4n) is 3.37. The van der Waals surface area contributed by atoms with Gasteiger partial charge < -0.3 is 21.1 Å². The maximum absolute atomic E-state index is 12.1. The summed E-state index contributed by atoms with van der Waals surface area (Å²) in [4.78, 5) is 24.1. The van der Waals surface area contributed by atoms with E-state index in [1.165, 1.54) is 0 Å². The van der Waals surface area contributed by atoms with Gasteiger partial charge in [-0.15, -0.1) is 0 Å². The monoisotopic (exact) mass is 391 g/mol. The third-order valence-corrected chi connectivity index (χ3v) is 4.93. The van der Waals surface area contributed by atoms with Gasteiger partial charge in [0.2, 0.25) is 0 Å². The van der Waals surface area contributed by atoms with Gasteiger partial charge in [0.05, 0.1) is 12.6 Å². The molecule has 0 atom stereocenters. The van der Waals surface area contributed by atoms with E-state index < -0.39 is 10.9 Å². The molecule has 0 aliphatic heterocycles. The van der Waals surface area contributed by atoms with Crippen LogP contribution in [0.3, 0.4) is 0 Å². The zero-order chi connectivity index (χ0) is 20.5. The van der Waals surface area contributed by atoms with Gasteiger partial charge in [-0.2, -0.15) is 5.10 Å². The SMILES string of the molecule is COc1cccc(CCNc2c(Nc3cc(C)c4[nH]nc(N)c4c3)c(=O)c2=O)c1. The molecule has 0 saturated carbocycles. The lowest BCUT2D eigenvalue weighted by molar-refractivity contribution is 0.414. The van der Waals surface area contributed by atoms with E-state index in [2.05, 4.69) is 20.8 Å². The average molecular weight is 391 g/mol. The van der Waals surface area contributed by atoms with Crippen LogP contribution in [-0.2, 0) is 6.42 Å². The van der Waals surface area contributed by atoms with E-state index in [4.69, 9.17) is 10.5 Å². The van der Waals surface area contributed by atoms with Crippen molar-refractivity contribution in [1.82, 2.24) is 10.2 Å². The summed E-state index contributed by atoms with van der Waals surface area (Å²) >= 11 is 0. The van der Waals surface area contributed by atoms with Crippen LogP contribution in [0, 0.1) is 6.92 Å². The predicted molar refractivity (Wildman–Crippen MR) is 115 cm³/mol. The molecule has 0 fully saturated rings. The summed E-state index contributed by atoms with van der Waals surface area (Å²) in [6.45, 7) is 2.43. The highest BCUT2D eigenvalue weighted by Gasteiger charge is 2.21. The van der Waals surface area contributed by atoms with E-state index in [1.54, 1.807) is 13.2 Å². The first kappa shape index (κ1) is 18.5. The molecule has 0 amide bonds. The Balaban J connectivity index is 1.50. The lowest BCUT2D eigenvalue weighted by Crippen LogP contribution is -2.37. The van der Waals surface area contributed by atoms with Crippen LogP contribution in [0.25, 0.3) is 10.9 Å². The smallest absolute Gasteiger partial charge is 0.253 e. The number of aryl methyl sites for hydroxylation is 1. The van der Waals surface area contributed by atoms with E-state index in [-0.39, 0.29) is 5.69 Å². The van der Waals surface area contributed by atoms with E-state index in [0.29, 0.717) is 30.2 Å². The Morgan fingerprint density at radius 2 is 1.93 bits per heavy atom. The van der Waals surface area contributed by atoms with E-state index in [1.807, 2.05) is 37.3 Å². The average Bonchev–Trinajstić information content (AvgIpc) is 3.11. The summed E-state index contributed by atoms with van der Waals surface area (Å²) < 4.78 is 5.22. The van der Waals surface area contributed by atoms with Crippen LogP contribution in [-0.4, -0.2) is 23.9 Å². The molecule has 29 heavy (non-hydrogen) atoms. The Labute approximate surface area is 166 Å². The number of methoxy groups -OCH3 is 1. The van der Waals surface area contributed by atoms with Crippen molar-refractivity contribution in [2.75, 3.05) is 30.0 Å². The third kappa shape index (κ3) is 3.40. The Hall–Kier alpha value is -3.81. The molecular formula is C21H21N5O3. The summed E-state index contributed by atoms with van der Waals surface area (Å²) in [5.74, 6) is 1.16. The normalized spacial score (nSPS) is 11.1. The van der Waals surface area contributed by atoms with Gasteiger partial charge in [0.1, 0.15) is 17.1 Å². The van der Waals surface area contributed by atoms with Crippen molar-refractivity contribution in [1.29, 1.82) is 0 Å². The van der Waals surface area contributed by atoms with Gasteiger partial charge in [-0.1, -0.05) is 12.1 Å². The highest BCUT2D eigenvalue weighted by atomic mass is 16.5. The first-order valence-electron chi connectivity index (χ1n) is 9.19. The van der Waals surface area contributed by atoms with Crippen molar-refractivity contribution < 1.29 is 4.74 Å². The molecule has 1 aromatic heterocycles. The van der Waals surface area contributed by atoms with Crippen LogP contribution in [0.15, 0.2) is 46.0 Å². The number of aromatic amines is 1. The molecule has 0 aliphatic rings. The molecule has 3 aromatic carbocycles. The van der Waals surface area contributed by atoms with Gasteiger partial charge in [0.25, 0.3) is 10.9 Å². The van der Waals surface area contributed by atoms with E-state index in [0.717, 1.165) is 27.8 Å². The Morgan fingerprint density at radius 3 is 2.72 bits per heavy atom. The minimum Gasteiger partial charge on any atom is -0.497 e. The summed E-state index contributed by atoms with van der Waals surface area (Å²) in [5, 5.41) is 13.8. The molecule has 0 radical (unpaired) electrons. The maximum atomic E-state index is 12.1. The van der Waals surface area contributed by atoms with Crippen LogP contribution < -0.4 is 32.0 Å². The Kier molecular flexibility index (Phi) is 4.67. The van der Waals surface area contributed by atoms with Crippen LogP contribution in [0.1, 0.15) is 11.1 Å². The molecule has 148 valence electrons. The summed E-state index contributed by atoms with van der Waals surface area (Å²) in [7, 11) is 1.62. The number of hydrogen-bond donors (Lipinski definition) is 4. The molecule has 4 aromatic rings. The van der Waals surface area contributed by atoms with Gasteiger partial charge in [0.15, 0.2) is 5.82 Å². The second-order valence-electron chi connectivity index (χ2n) is 6.89. The molecule has 0 unspecified atom stereocenters. The lowest BCUT2D eigenvalue weighted by Gasteiger charge is -2.15.